The van der Waals surface area contributed by atoms with Gasteiger partial charge >= 0.3 is 0 Å². The van der Waals surface area contributed by atoms with Crippen molar-refractivity contribution in [1.82, 2.24) is 4.98 Å². The van der Waals surface area contributed by atoms with Crippen LogP contribution in [-0.4, -0.2) is 34.9 Å². The topological polar surface area (TPSA) is 91.8 Å². The van der Waals surface area contributed by atoms with Gasteiger partial charge in [0, 0.05) is 37.8 Å². The third kappa shape index (κ3) is 2.52. The van der Waals surface area contributed by atoms with Gasteiger partial charge in [-0.2, -0.15) is 0 Å². The van der Waals surface area contributed by atoms with Gasteiger partial charge in [-0.3, -0.25) is 9.78 Å². The Morgan fingerprint density at radius 2 is 2.18 bits per heavy atom. The van der Waals surface area contributed by atoms with E-state index in [4.69, 9.17) is 10.9 Å². The van der Waals surface area contributed by atoms with Crippen molar-refractivity contribution in [2.75, 3.05) is 18.0 Å². The molecule has 1 aromatic rings. The van der Waals surface area contributed by atoms with Gasteiger partial charge in [-0.05, 0) is 12.1 Å². The van der Waals surface area contributed by atoms with E-state index >= 15 is 0 Å². The number of piperidine rings is 1. The second-order valence-corrected chi connectivity index (χ2v) is 3.92. The molecule has 1 aliphatic heterocycles. The smallest absolute Gasteiger partial charge is 0.267 e. The minimum Gasteiger partial charge on any atom is -0.411 e. The standard InChI is InChI=1S/C11H14N4O2/c12-11(16)10-7-9(1-4-13-10)15-5-2-8(14-17)3-6-15/h1,4,7,17H,2-3,5-6H2,(H2,12,16). The summed E-state index contributed by atoms with van der Waals surface area (Å²) in [6.07, 6.45) is 3.03. The minimum absolute atomic E-state index is 0.268. The van der Waals surface area contributed by atoms with E-state index in [9.17, 15) is 4.79 Å². The van der Waals surface area contributed by atoms with Crippen LogP contribution in [0.25, 0.3) is 0 Å². The lowest BCUT2D eigenvalue weighted by molar-refractivity contribution is 0.0995. The lowest BCUT2D eigenvalue weighted by Crippen LogP contribution is -2.34. The SMILES string of the molecule is NC(=O)c1cc(N2CCC(=NO)CC2)ccn1. The van der Waals surface area contributed by atoms with Gasteiger partial charge < -0.3 is 15.8 Å². The van der Waals surface area contributed by atoms with Crippen LogP contribution >= 0.6 is 0 Å². The molecule has 0 saturated carbocycles. The fraction of sp³-hybridized carbons (Fsp3) is 0.364. The van der Waals surface area contributed by atoms with Crippen molar-refractivity contribution in [3.05, 3.63) is 24.0 Å². The maximum absolute atomic E-state index is 11.0. The lowest BCUT2D eigenvalue weighted by atomic mass is 10.1. The number of rotatable bonds is 2. The number of hydrogen-bond acceptors (Lipinski definition) is 5. The third-order valence-corrected chi connectivity index (χ3v) is 2.84. The van der Waals surface area contributed by atoms with Gasteiger partial charge in [-0.1, -0.05) is 5.16 Å². The Kier molecular flexibility index (Phi) is 3.22. The molecule has 0 aliphatic carbocycles. The molecule has 0 spiro atoms. The third-order valence-electron chi connectivity index (χ3n) is 2.84. The predicted molar refractivity (Wildman–Crippen MR) is 63.4 cm³/mol. The van der Waals surface area contributed by atoms with Crippen molar-refractivity contribution in [1.29, 1.82) is 0 Å². The Bertz CT molecular complexity index is 449. The Morgan fingerprint density at radius 1 is 1.47 bits per heavy atom. The first-order valence-corrected chi connectivity index (χ1v) is 5.41. The molecule has 1 saturated heterocycles. The van der Waals surface area contributed by atoms with Crippen LogP contribution < -0.4 is 10.6 Å². The second-order valence-electron chi connectivity index (χ2n) is 3.92. The number of amides is 1. The number of anilines is 1. The molecule has 0 unspecified atom stereocenters. The fourth-order valence-corrected chi connectivity index (χ4v) is 1.87. The summed E-state index contributed by atoms with van der Waals surface area (Å²) in [5.41, 5.74) is 7.18. The molecule has 2 heterocycles. The van der Waals surface area contributed by atoms with Gasteiger partial charge in [-0.25, -0.2) is 0 Å². The number of aromatic nitrogens is 1. The molecule has 17 heavy (non-hydrogen) atoms. The predicted octanol–water partition coefficient (Wildman–Crippen LogP) is 0.611. The van der Waals surface area contributed by atoms with Crippen molar-refractivity contribution in [3.63, 3.8) is 0 Å². The Morgan fingerprint density at radius 3 is 2.76 bits per heavy atom. The van der Waals surface area contributed by atoms with Crippen LogP contribution in [0.3, 0.4) is 0 Å². The molecule has 1 aromatic heterocycles. The van der Waals surface area contributed by atoms with Gasteiger partial charge in [0.2, 0.25) is 0 Å². The van der Waals surface area contributed by atoms with Crippen LogP contribution in [0.2, 0.25) is 0 Å². The zero-order valence-corrected chi connectivity index (χ0v) is 9.33. The average Bonchev–Trinajstić information content (AvgIpc) is 2.39. The highest BCUT2D eigenvalue weighted by molar-refractivity contribution is 5.92. The molecule has 2 rings (SSSR count). The molecule has 90 valence electrons. The number of hydrogen-bond donors (Lipinski definition) is 2. The molecule has 0 radical (unpaired) electrons. The normalized spacial score (nSPS) is 15.8. The summed E-state index contributed by atoms with van der Waals surface area (Å²) in [4.78, 5) is 17.0. The van der Waals surface area contributed by atoms with Gasteiger partial charge in [0.05, 0.1) is 5.71 Å². The molecular formula is C11H14N4O2. The number of carbonyl (C=O) groups is 1. The summed E-state index contributed by atoms with van der Waals surface area (Å²) in [6, 6.07) is 3.52. The summed E-state index contributed by atoms with van der Waals surface area (Å²) in [5.74, 6) is -0.526. The summed E-state index contributed by atoms with van der Waals surface area (Å²) < 4.78 is 0. The molecule has 0 bridgehead atoms. The Labute approximate surface area is 98.7 Å². The Hall–Kier alpha value is -2.11. The van der Waals surface area contributed by atoms with Crippen molar-refractivity contribution < 1.29 is 10.0 Å². The van der Waals surface area contributed by atoms with Crippen LogP contribution in [0, 0.1) is 0 Å². The largest absolute Gasteiger partial charge is 0.411 e. The average molecular weight is 234 g/mol. The summed E-state index contributed by atoms with van der Waals surface area (Å²) in [5, 5.41) is 11.9. The zero-order valence-electron chi connectivity index (χ0n) is 9.33. The monoisotopic (exact) mass is 234 g/mol. The van der Waals surface area contributed by atoms with Crippen LogP contribution in [0.5, 0.6) is 0 Å². The molecule has 6 heteroatoms. The first kappa shape index (κ1) is 11.4. The van der Waals surface area contributed by atoms with Crippen LogP contribution in [0.1, 0.15) is 23.3 Å². The molecule has 3 N–H and O–H groups in total. The van der Waals surface area contributed by atoms with Crippen molar-refractivity contribution in [3.8, 4) is 0 Å². The van der Waals surface area contributed by atoms with Crippen molar-refractivity contribution in [2.24, 2.45) is 10.9 Å². The van der Waals surface area contributed by atoms with E-state index in [1.165, 1.54) is 0 Å². The number of primary amides is 1. The molecule has 1 amide bonds. The van der Waals surface area contributed by atoms with Gasteiger partial charge in [-0.15, -0.1) is 0 Å². The highest BCUT2D eigenvalue weighted by Crippen LogP contribution is 2.18. The van der Waals surface area contributed by atoms with Crippen molar-refractivity contribution in [2.45, 2.75) is 12.8 Å². The maximum atomic E-state index is 11.0. The maximum Gasteiger partial charge on any atom is 0.267 e. The Balaban J connectivity index is 2.13. The van der Waals surface area contributed by atoms with E-state index in [2.05, 4.69) is 15.0 Å². The van der Waals surface area contributed by atoms with E-state index in [-0.39, 0.29) is 5.69 Å². The molecule has 0 aromatic carbocycles. The summed E-state index contributed by atoms with van der Waals surface area (Å²) >= 11 is 0. The highest BCUT2D eigenvalue weighted by Gasteiger charge is 2.16. The molecule has 0 atom stereocenters. The number of carbonyl (C=O) groups excluding carboxylic acids is 1. The fourth-order valence-electron chi connectivity index (χ4n) is 1.87. The van der Waals surface area contributed by atoms with E-state index < -0.39 is 5.91 Å². The highest BCUT2D eigenvalue weighted by atomic mass is 16.4. The zero-order chi connectivity index (χ0) is 12.3. The number of nitrogens with two attached hydrogens (primary N) is 1. The van der Waals surface area contributed by atoms with E-state index in [1.807, 2.05) is 6.07 Å². The molecule has 1 fully saturated rings. The second kappa shape index (κ2) is 4.82. The van der Waals surface area contributed by atoms with Crippen LogP contribution in [0.15, 0.2) is 23.5 Å². The minimum atomic E-state index is -0.526. The quantitative estimate of drug-likeness (QED) is 0.579. The molecular weight excluding hydrogens is 220 g/mol. The van der Waals surface area contributed by atoms with Gasteiger partial charge in [0.1, 0.15) is 5.69 Å². The summed E-state index contributed by atoms with van der Waals surface area (Å²) in [6.45, 7) is 1.53. The van der Waals surface area contributed by atoms with E-state index in [0.29, 0.717) is 0 Å². The number of pyridine rings is 1. The van der Waals surface area contributed by atoms with E-state index in [0.717, 1.165) is 37.3 Å². The lowest BCUT2D eigenvalue weighted by Gasteiger charge is -2.29. The van der Waals surface area contributed by atoms with Crippen LogP contribution in [0.4, 0.5) is 5.69 Å². The molecule has 6 nitrogen and oxygen atoms in total. The number of oxime groups is 1. The van der Waals surface area contributed by atoms with Crippen LogP contribution in [-0.2, 0) is 0 Å². The van der Waals surface area contributed by atoms with Crippen molar-refractivity contribution >= 4 is 17.3 Å². The van der Waals surface area contributed by atoms with E-state index in [1.54, 1.807) is 12.3 Å². The van der Waals surface area contributed by atoms with Gasteiger partial charge in [0.15, 0.2) is 0 Å². The van der Waals surface area contributed by atoms with Gasteiger partial charge in [0.25, 0.3) is 5.91 Å². The number of nitrogens with zero attached hydrogens (tertiary/aromatic N) is 3. The first-order valence-electron chi connectivity index (χ1n) is 5.41. The molecule has 1 aliphatic rings. The first-order chi connectivity index (χ1) is 8.20. The summed E-state index contributed by atoms with van der Waals surface area (Å²) in [7, 11) is 0.